The molecule has 0 fully saturated rings. The molecule has 0 unspecified atom stereocenters. The number of fused-ring (bicyclic) bond motifs is 1. The van der Waals surface area contributed by atoms with Crippen LogP contribution >= 0.6 is 0 Å². The van der Waals surface area contributed by atoms with Crippen LogP contribution in [0.4, 0.5) is 0 Å². The first-order valence-corrected chi connectivity index (χ1v) is 4.91. The second-order valence-corrected chi connectivity index (χ2v) is 4.83. The largest absolute Gasteiger partial charge is 0.491 e. The standard InChI is InChI=1S/C11H15BO2/c1-11(2,3)9-5-4-8-7-14-12(13)10(8)6-9/h4-6,13H,7H2,1-3H3. The van der Waals surface area contributed by atoms with Crippen molar-refractivity contribution in [3.8, 4) is 0 Å². The zero-order chi connectivity index (χ0) is 10.3. The zero-order valence-corrected chi connectivity index (χ0v) is 8.87. The van der Waals surface area contributed by atoms with Gasteiger partial charge in [-0.3, -0.25) is 0 Å². The van der Waals surface area contributed by atoms with Crippen molar-refractivity contribution in [3.63, 3.8) is 0 Å². The molecule has 0 aromatic heterocycles. The van der Waals surface area contributed by atoms with E-state index in [2.05, 4.69) is 26.8 Å². The lowest BCUT2D eigenvalue weighted by Gasteiger charge is -2.19. The van der Waals surface area contributed by atoms with Crippen LogP contribution in [0.5, 0.6) is 0 Å². The summed E-state index contributed by atoms with van der Waals surface area (Å²) in [7, 11) is -0.729. The number of hydrogen-bond donors (Lipinski definition) is 1. The van der Waals surface area contributed by atoms with Gasteiger partial charge in [0, 0.05) is 0 Å². The molecular formula is C11H15BO2. The van der Waals surface area contributed by atoms with Crippen LogP contribution in [0.15, 0.2) is 18.2 Å². The van der Waals surface area contributed by atoms with Gasteiger partial charge in [0.15, 0.2) is 0 Å². The fourth-order valence-corrected chi connectivity index (χ4v) is 1.68. The zero-order valence-electron chi connectivity index (χ0n) is 8.87. The maximum atomic E-state index is 9.55. The summed E-state index contributed by atoms with van der Waals surface area (Å²) >= 11 is 0. The Kier molecular flexibility index (Phi) is 2.16. The van der Waals surface area contributed by atoms with Gasteiger partial charge in [0.05, 0.1) is 6.61 Å². The summed E-state index contributed by atoms with van der Waals surface area (Å²) in [5, 5.41) is 9.55. The van der Waals surface area contributed by atoms with Crippen LogP contribution in [0.2, 0.25) is 0 Å². The Hall–Kier alpha value is -0.795. The lowest BCUT2D eigenvalue weighted by atomic mass is 9.75. The highest BCUT2D eigenvalue weighted by Crippen LogP contribution is 2.23. The molecule has 1 aliphatic rings. The van der Waals surface area contributed by atoms with Gasteiger partial charge < -0.3 is 9.68 Å². The van der Waals surface area contributed by atoms with Gasteiger partial charge >= 0.3 is 7.12 Å². The van der Waals surface area contributed by atoms with Gasteiger partial charge in [-0.1, -0.05) is 39.0 Å². The average Bonchev–Trinajstić information content (AvgIpc) is 2.46. The molecule has 1 heterocycles. The molecule has 1 aliphatic heterocycles. The molecule has 0 radical (unpaired) electrons. The molecule has 1 aromatic rings. The minimum atomic E-state index is -0.729. The van der Waals surface area contributed by atoms with Crippen LogP contribution in [0.3, 0.4) is 0 Å². The highest BCUT2D eigenvalue weighted by atomic mass is 16.5. The number of rotatable bonds is 0. The van der Waals surface area contributed by atoms with E-state index in [0.717, 1.165) is 11.0 Å². The minimum Gasteiger partial charge on any atom is -0.423 e. The number of benzene rings is 1. The molecular weight excluding hydrogens is 175 g/mol. The van der Waals surface area contributed by atoms with Crippen molar-refractivity contribution in [1.82, 2.24) is 0 Å². The van der Waals surface area contributed by atoms with Gasteiger partial charge in [-0.25, -0.2) is 0 Å². The van der Waals surface area contributed by atoms with Crippen LogP contribution in [-0.2, 0) is 16.7 Å². The van der Waals surface area contributed by atoms with Gasteiger partial charge in [-0.05, 0) is 22.0 Å². The van der Waals surface area contributed by atoms with E-state index in [9.17, 15) is 5.02 Å². The average molecular weight is 190 g/mol. The first-order chi connectivity index (χ1) is 6.48. The van der Waals surface area contributed by atoms with E-state index in [4.69, 9.17) is 4.65 Å². The Morgan fingerprint density at radius 1 is 1.36 bits per heavy atom. The lowest BCUT2D eigenvalue weighted by molar-refractivity contribution is 0.275. The summed E-state index contributed by atoms with van der Waals surface area (Å²) in [6.45, 7) is 7.02. The van der Waals surface area contributed by atoms with Crippen LogP contribution in [0.1, 0.15) is 31.9 Å². The first kappa shape index (κ1) is 9.75. The summed E-state index contributed by atoms with van der Waals surface area (Å²) in [5.41, 5.74) is 3.39. The molecule has 14 heavy (non-hydrogen) atoms. The number of hydrogen-bond acceptors (Lipinski definition) is 2. The molecule has 3 heteroatoms. The predicted molar refractivity (Wildman–Crippen MR) is 57.5 cm³/mol. The van der Waals surface area contributed by atoms with Crippen LogP contribution in [0, 0.1) is 0 Å². The van der Waals surface area contributed by atoms with Crippen molar-refractivity contribution in [1.29, 1.82) is 0 Å². The minimum absolute atomic E-state index is 0.122. The summed E-state index contributed by atoms with van der Waals surface area (Å²) < 4.78 is 5.15. The van der Waals surface area contributed by atoms with E-state index in [1.807, 2.05) is 12.1 Å². The van der Waals surface area contributed by atoms with Crippen LogP contribution in [0.25, 0.3) is 0 Å². The Morgan fingerprint density at radius 3 is 2.71 bits per heavy atom. The van der Waals surface area contributed by atoms with E-state index >= 15 is 0 Å². The third-order valence-corrected chi connectivity index (χ3v) is 2.67. The molecule has 0 saturated carbocycles. The maximum absolute atomic E-state index is 9.55. The molecule has 1 N–H and O–H groups in total. The second-order valence-electron chi connectivity index (χ2n) is 4.83. The highest BCUT2D eigenvalue weighted by Gasteiger charge is 2.28. The molecule has 2 nitrogen and oxygen atoms in total. The second kappa shape index (κ2) is 3.11. The van der Waals surface area contributed by atoms with Crippen molar-refractivity contribution in [2.75, 3.05) is 0 Å². The van der Waals surface area contributed by atoms with E-state index < -0.39 is 7.12 Å². The molecule has 0 saturated heterocycles. The van der Waals surface area contributed by atoms with Crippen LogP contribution in [-0.4, -0.2) is 12.1 Å². The van der Waals surface area contributed by atoms with E-state index in [-0.39, 0.29) is 5.41 Å². The summed E-state index contributed by atoms with van der Waals surface area (Å²) in [6, 6.07) is 6.21. The molecule has 74 valence electrons. The highest BCUT2D eigenvalue weighted by molar-refractivity contribution is 6.61. The molecule has 0 amide bonds. The van der Waals surface area contributed by atoms with Gasteiger partial charge in [0.2, 0.25) is 0 Å². The topological polar surface area (TPSA) is 29.5 Å². The van der Waals surface area contributed by atoms with Gasteiger partial charge in [0.25, 0.3) is 0 Å². The van der Waals surface area contributed by atoms with Gasteiger partial charge in [-0.15, -0.1) is 0 Å². The smallest absolute Gasteiger partial charge is 0.423 e. The molecule has 2 rings (SSSR count). The third-order valence-electron chi connectivity index (χ3n) is 2.67. The van der Waals surface area contributed by atoms with Crippen molar-refractivity contribution in [2.45, 2.75) is 32.8 Å². The Labute approximate surface area is 85.1 Å². The van der Waals surface area contributed by atoms with Crippen molar-refractivity contribution in [3.05, 3.63) is 29.3 Å². The monoisotopic (exact) mass is 190 g/mol. The Bertz CT molecular complexity index is 355. The summed E-state index contributed by atoms with van der Waals surface area (Å²) in [6.07, 6.45) is 0. The van der Waals surface area contributed by atoms with Gasteiger partial charge in [-0.2, -0.15) is 0 Å². The van der Waals surface area contributed by atoms with Crippen LogP contribution < -0.4 is 5.46 Å². The Balaban J connectivity index is 2.45. The SMILES string of the molecule is CC(C)(C)c1ccc2c(c1)B(O)OC2. The third kappa shape index (κ3) is 1.58. The normalized spacial score (nSPS) is 15.9. The first-order valence-electron chi connectivity index (χ1n) is 4.91. The molecule has 0 spiro atoms. The van der Waals surface area contributed by atoms with E-state index in [1.165, 1.54) is 5.56 Å². The quantitative estimate of drug-likeness (QED) is 0.623. The molecule has 0 atom stereocenters. The van der Waals surface area contributed by atoms with Crippen molar-refractivity contribution in [2.24, 2.45) is 0 Å². The van der Waals surface area contributed by atoms with Gasteiger partial charge in [0.1, 0.15) is 0 Å². The van der Waals surface area contributed by atoms with Crippen molar-refractivity contribution >= 4 is 12.6 Å². The summed E-state index contributed by atoms with van der Waals surface area (Å²) in [4.78, 5) is 0. The fraction of sp³-hybridized carbons (Fsp3) is 0.455. The molecule has 0 bridgehead atoms. The fourth-order valence-electron chi connectivity index (χ4n) is 1.68. The van der Waals surface area contributed by atoms with E-state index in [0.29, 0.717) is 6.61 Å². The molecule has 0 aliphatic carbocycles. The predicted octanol–water partition coefficient (Wildman–Crippen LogP) is 1.20. The maximum Gasteiger partial charge on any atom is 0.491 e. The lowest BCUT2D eigenvalue weighted by Crippen LogP contribution is -2.29. The van der Waals surface area contributed by atoms with E-state index in [1.54, 1.807) is 0 Å². The Morgan fingerprint density at radius 2 is 2.07 bits per heavy atom. The summed E-state index contributed by atoms with van der Waals surface area (Å²) in [5.74, 6) is 0. The molecule has 1 aromatic carbocycles. The van der Waals surface area contributed by atoms with Crippen molar-refractivity contribution < 1.29 is 9.68 Å².